The molecule has 0 heterocycles. The normalized spacial score (nSPS) is 32.2. The molecule has 11 heavy (non-hydrogen) atoms. The Kier molecular flexibility index (Phi) is 3.92. The molecule has 0 atom stereocenters. The average Bonchev–Trinajstić information content (AvgIpc) is 2.07. The van der Waals surface area contributed by atoms with Gasteiger partial charge >= 0.3 is 0 Å². The second-order valence-electron chi connectivity index (χ2n) is 3.71. The highest BCUT2D eigenvalue weighted by molar-refractivity contribution is 4.72. The molecule has 0 spiro atoms. The van der Waals surface area contributed by atoms with Crippen molar-refractivity contribution in [1.29, 1.82) is 0 Å². The lowest BCUT2D eigenvalue weighted by Gasteiger charge is -2.26. The zero-order chi connectivity index (χ0) is 8.10. The van der Waals surface area contributed by atoms with Crippen LogP contribution in [0.2, 0.25) is 0 Å². The molecule has 65 valence electrons. The van der Waals surface area contributed by atoms with E-state index in [4.69, 9.17) is 5.11 Å². The Morgan fingerprint density at radius 2 is 1.64 bits per heavy atom. The number of aliphatic hydroxyl groups is 1. The highest BCUT2D eigenvalue weighted by Crippen LogP contribution is 2.30. The first-order valence-corrected chi connectivity index (χ1v) is 4.77. The molecule has 0 aliphatic heterocycles. The maximum atomic E-state index is 8.89. The van der Waals surface area contributed by atoms with Crippen molar-refractivity contribution in [2.45, 2.75) is 38.5 Å². The summed E-state index contributed by atoms with van der Waals surface area (Å²) >= 11 is 0. The molecule has 1 fully saturated rings. The Balaban J connectivity index is 2.14. The van der Waals surface area contributed by atoms with Crippen molar-refractivity contribution in [3.63, 3.8) is 0 Å². The van der Waals surface area contributed by atoms with Crippen LogP contribution in [0, 0.1) is 18.8 Å². The minimum Gasteiger partial charge on any atom is -0.396 e. The van der Waals surface area contributed by atoms with E-state index in [2.05, 4.69) is 6.92 Å². The van der Waals surface area contributed by atoms with Gasteiger partial charge in [-0.15, -0.1) is 0 Å². The molecule has 1 aliphatic rings. The summed E-state index contributed by atoms with van der Waals surface area (Å²) in [6, 6.07) is 0. The van der Waals surface area contributed by atoms with Crippen LogP contribution in [-0.2, 0) is 0 Å². The monoisotopic (exact) mass is 155 g/mol. The first-order chi connectivity index (χ1) is 5.36. The van der Waals surface area contributed by atoms with E-state index in [9.17, 15) is 0 Å². The quantitative estimate of drug-likeness (QED) is 0.663. The van der Waals surface area contributed by atoms with Crippen LogP contribution in [0.3, 0.4) is 0 Å². The Hall–Kier alpha value is -0.0400. The van der Waals surface area contributed by atoms with E-state index in [0.717, 1.165) is 12.3 Å². The van der Waals surface area contributed by atoms with Gasteiger partial charge in [-0.25, -0.2) is 0 Å². The van der Waals surface area contributed by atoms with Gasteiger partial charge in [-0.1, -0.05) is 32.6 Å². The summed E-state index contributed by atoms with van der Waals surface area (Å²) in [5, 5.41) is 8.89. The molecule has 0 aromatic carbocycles. The molecular formula is C10H19O. The minimum atomic E-state index is 0.400. The molecule has 1 rings (SSSR count). The van der Waals surface area contributed by atoms with Crippen molar-refractivity contribution in [2.75, 3.05) is 6.61 Å². The van der Waals surface area contributed by atoms with Gasteiger partial charge in [0.1, 0.15) is 0 Å². The number of hydrogen-bond acceptors (Lipinski definition) is 1. The lowest BCUT2D eigenvalue weighted by Crippen LogP contribution is -2.16. The fourth-order valence-corrected chi connectivity index (χ4v) is 1.99. The summed E-state index contributed by atoms with van der Waals surface area (Å²) in [7, 11) is 0. The first-order valence-electron chi connectivity index (χ1n) is 4.77. The van der Waals surface area contributed by atoms with Gasteiger partial charge in [0.2, 0.25) is 0 Å². The zero-order valence-corrected chi connectivity index (χ0v) is 7.26. The highest BCUT2D eigenvalue weighted by Gasteiger charge is 2.19. The summed E-state index contributed by atoms with van der Waals surface area (Å²) in [4.78, 5) is 0. The molecule has 1 N–H and O–H groups in total. The van der Waals surface area contributed by atoms with E-state index in [1.54, 1.807) is 0 Å². The van der Waals surface area contributed by atoms with Crippen LogP contribution in [0.5, 0.6) is 0 Å². The SMILES string of the molecule is [CH2]CCC1CCC(CO)CC1. The molecule has 0 amide bonds. The van der Waals surface area contributed by atoms with Crippen molar-refractivity contribution in [3.05, 3.63) is 6.92 Å². The smallest absolute Gasteiger partial charge is 0.0459 e. The van der Waals surface area contributed by atoms with Gasteiger partial charge in [-0.3, -0.25) is 0 Å². The molecule has 0 saturated heterocycles. The topological polar surface area (TPSA) is 20.2 Å². The van der Waals surface area contributed by atoms with Gasteiger partial charge in [-0.2, -0.15) is 0 Å². The number of hydrogen-bond donors (Lipinski definition) is 1. The Morgan fingerprint density at radius 1 is 1.09 bits per heavy atom. The van der Waals surface area contributed by atoms with Crippen molar-refractivity contribution in [2.24, 2.45) is 11.8 Å². The van der Waals surface area contributed by atoms with Crippen LogP contribution >= 0.6 is 0 Å². The summed E-state index contributed by atoms with van der Waals surface area (Å²) in [6.45, 7) is 4.27. The Bertz CT molecular complexity index is 93.0. The average molecular weight is 155 g/mol. The molecule has 0 bridgehead atoms. The third-order valence-corrected chi connectivity index (χ3v) is 2.84. The summed E-state index contributed by atoms with van der Waals surface area (Å²) in [5.74, 6) is 1.52. The van der Waals surface area contributed by atoms with Gasteiger partial charge in [0.25, 0.3) is 0 Å². The third-order valence-electron chi connectivity index (χ3n) is 2.84. The largest absolute Gasteiger partial charge is 0.396 e. The molecule has 0 aromatic heterocycles. The maximum Gasteiger partial charge on any atom is 0.0459 e. The molecule has 1 saturated carbocycles. The molecule has 1 aliphatic carbocycles. The van der Waals surface area contributed by atoms with Gasteiger partial charge < -0.3 is 5.11 Å². The molecule has 0 aromatic rings. The first kappa shape index (κ1) is 9.05. The van der Waals surface area contributed by atoms with E-state index in [-0.39, 0.29) is 0 Å². The van der Waals surface area contributed by atoms with E-state index in [1.807, 2.05) is 0 Å². The summed E-state index contributed by atoms with van der Waals surface area (Å²) in [6.07, 6.45) is 7.48. The second kappa shape index (κ2) is 4.76. The van der Waals surface area contributed by atoms with Crippen LogP contribution in [0.25, 0.3) is 0 Å². The number of aliphatic hydroxyl groups excluding tert-OH is 1. The Labute approximate surface area is 69.8 Å². The van der Waals surface area contributed by atoms with Crippen molar-refractivity contribution < 1.29 is 5.11 Å². The maximum absolute atomic E-state index is 8.89. The highest BCUT2D eigenvalue weighted by atomic mass is 16.3. The predicted octanol–water partition coefficient (Wildman–Crippen LogP) is 2.40. The van der Waals surface area contributed by atoms with Crippen LogP contribution in [0.15, 0.2) is 0 Å². The van der Waals surface area contributed by atoms with Gasteiger partial charge in [0.05, 0.1) is 0 Å². The van der Waals surface area contributed by atoms with E-state index in [1.165, 1.54) is 32.1 Å². The van der Waals surface area contributed by atoms with Crippen LogP contribution in [0.4, 0.5) is 0 Å². The van der Waals surface area contributed by atoms with Crippen LogP contribution in [0.1, 0.15) is 38.5 Å². The van der Waals surface area contributed by atoms with Gasteiger partial charge in [-0.05, 0) is 24.7 Å². The summed E-state index contributed by atoms with van der Waals surface area (Å²) in [5.41, 5.74) is 0. The fraction of sp³-hybridized carbons (Fsp3) is 0.900. The molecule has 0 unspecified atom stereocenters. The number of rotatable bonds is 3. The molecule has 1 radical (unpaired) electrons. The van der Waals surface area contributed by atoms with E-state index >= 15 is 0 Å². The lowest BCUT2D eigenvalue weighted by atomic mass is 9.80. The second-order valence-corrected chi connectivity index (χ2v) is 3.71. The minimum absolute atomic E-state index is 0.400. The fourth-order valence-electron chi connectivity index (χ4n) is 1.99. The Morgan fingerprint density at radius 3 is 2.09 bits per heavy atom. The van der Waals surface area contributed by atoms with Crippen molar-refractivity contribution in [3.8, 4) is 0 Å². The molecule has 1 heteroatoms. The predicted molar refractivity (Wildman–Crippen MR) is 47.1 cm³/mol. The van der Waals surface area contributed by atoms with Gasteiger partial charge in [0.15, 0.2) is 0 Å². The van der Waals surface area contributed by atoms with Crippen LogP contribution < -0.4 is 0 Å². The van der Waals surface area contributed by atoms with Crippen molar-refractivity contribution >= 4 is 0 Å². The van der Waals surface area contributed by atoms with Gasteiger partial charge in [0, 0.05) is 6.61 Å². The van der Waals surface area contributed by atoms with Crippen LogP contribution in [-0.4, -0.2) is 11.7 Å². The van der Waals surface area contributed by atoms with Crippen molar-refractivity contribution in [1.82, 2.24) is 0 Å². The standard InChI is InChI=1S/C10H19O/c1-2-3-9-4-6-10(8-11)7-5-9/h9-11H,1-8H2. The third kappa shape index (κ3) is 2.82. The zero-order valence-electron chi connectivity index (χ0n) is 7.26. The molecule has 1 nitrogen and oxygen atoms in total. The summed E-state index contributed by atoms with van der Waals surface area (Å²) < 4.78 is 0. The van der Waals surface area contributed by atoms with E-state index < -0.39 is 0 Å². The van der Waals surface area contributed by atoms with E-state index in [0.29, 0.717) is 12.5 Å². The molecular weight excluding hydrogens is 136 g/mol. The lowest BCUT2D eigenvalue weighted by molar-refractivity contribution is 0.164.